The first kappa shape index (κ1) is 21.9. The van der Waals surface area contributed by atoms with Crippen molar-refractivity contribution < 1.29 is 19.1 Å². The number of nitrogens with zero attached hydrogens (tertiary/aromatic N) is 1. The minimum absolute atomic E-state index is 0.340. The summed E-state index contributed by atoms with van der Waals surface area (Å²) < 4.78 is 11.1. The lowest BCUT2D eigenvalue weighted by molar-refractivity contribution is 0.102. The molecule has 0 spiro atoms. The third-order valence-corrected chi connectivity index (χ3v) is 4.59. The summed E-state index contributed by atoms with van der Waals surface area (Å²) in [6, 6.07) is 11.8. The molecular weight excluding hydrogens is 396 g/mol. The molecule has 3 rings (SSSR count). The van der Waals surface area contributed by atoms with Crippen LogP contribution in [0.25, 0.3) is 0 Å². The highest BCUT2D eigenvalue weighted by Crippen LogP contribution is 2.29. The van der Waals surface area contributed by atoms with E-state index in [0.29, 0.717) is 52.9 Å². The van der Waals surface area contributed by atoms with Crippen molar-refractivity contribution in [2.75, 3.05) is 23.8 Å². The quantitative estimate of drug-likeness (QED) is 0.501. The number of carbonyl (C=O) groups excluding carboxylic acids is 2. The Morgan fingerprint density at radius 2 is 1.65 bits per heavy atom. The number of aryl methyl sites for hydroxylation is 2. The van der Waals surface area contributed by atoms with Gasteiger partial charge in [0.1, 0.15) is 0 Å². The summed E-state index contributed by atoms with van der Waals surface area (Å²) in [5.41, 5.74) is 3.19. The summed E-state index contributed by atoms with van der Waals surface area (Å²) in [5, 5.41) is 12.6. The highest BCUT2D eigenvalue weighted by molar-refractivity contribution is 6.12. The highest BCUT2D eigenvalue weighted by atomic mass is 16.5. The van der Waals surface area contributed by atoms with Crippen molar-refractivity contribution in [1.82, 2.24) is 10.2 Å². The Labute approximate surface area is 181 Å². The second-order valence-corrected chi connectivity index (χ2v) is 6.79. The van der Waals surface area contributed by atoms with Gasteiger partial charge in [-0.2, -0.15) is 5.10 Å². The Kier molecular flexibility index (Phi) is 6.92. The zero-order valence-electron chi connectivity index (χ0n) is 18.0. The molecule has 0 unspecified atom stereocenters. The molecule has 8 nitrogen and oxygen atoms in total. The molecule has 31 heavy (non-hydrogen) atoms. The van der Waals surface area contributed by atoms with Crippen LogP contribution < -0.4 is 20.1 Å². The number of hydrogen-bond acceptors (Lipinski definition) is 5. The Bertz CT molecular complexity index is 1070. The van der Waals surface area contributed by atoms with Crippen LogP contribution in [0.3, 0.4) is 0 Å². The van der Waals surface area contributed by atoms with E-state index < -0.39 is 0 Å². The van der Waals surface area contributed by atoms with Crippen LogP contribution in [-0.4, -0.2) is 35.2 Å². The average molecular weight is 422 g/mol. The van der Waals surface area contributed by atoms with Crippen molar-refractivity contribution in [3.63, 3.8) is 0 Å². The normalized spacial score (nSPS) is 10.5. The van der Waals surface area contributed by atoms with Gasteiger partial charge in [-0.3, -0.25) is 14.7 Å². The summed E-state index contributed by atoms with van der Waals surface area (Å²) in [4.78, 5) is 25.8. The maximum atomic E-state index is 12.9. The van der Waals surface area contributed by atoms with E-state index in [0.717, 1.165) is 5.69 Å². The van der Waals surface area contributed by atoms with Crippen LogP contribution >= 0.6 is 0 Å². The Balaban J connectivity index is 1.83. The number of carbonyl (C=O) groups is 2. The third-order valence-electron chi connectivity index (χ3n) is 4.59. The molecule has 1 aromatic heterocycles. The number of benzene rings is 2. The van der Waals surface area contributed by atoms with E-state index in [9.17, 15) is 9.59 Å². The highest BCUT2D eigenvalue weighted by Gasteiger charge is 2.18. The number of aromatic amines is 1. The molecule has 2 aromatic carbocycles. The first-order chi connectivity index (χ1) is 14.9. The largest absolute Gasteiger partial charge is 0.490 e. The number of ether oxygens (including phenoxy) is 2. The van der Waals surface area contributed by atoms with Gasteiger partial charge in [-0.15, -0.1) is 0 Å². The van der Waals surface area contributed by atoms with E-state index in [2.05, 4.69) is 20.8 Å². The van der Waals surface area contributed by atoms with Crippen molar-refractivity contribution in [1.29, 1.82) is 0 Å². The molecule has 3 N–H and O–H groups in total. The Morgan fingerprint density at radius 3 is 2.32 bits per heavy atom. The third kappa shape index (κ3) is 5.03. The SMILES string of the molecule is CCOc1ccc(C(=O)Nc2ccccc2C(=O)Nc2c(C)n[nH]c2C)cc1OCC. The van der Waals surface area contributed by atoms with E-state index in [4.69, 9.17) is 9.47 Å². The van der Waals surface area contributed by atoms with Crippen LogP contribution in [0.4, 0.5) is 11.4 Å². The van der Waals surface area contributed by atoms with Crippen molar-refractivity contribution >= 4 is 23.2 Å². The fourth-order valence-electron chi connectivity index (χ4n) is 3.09. The van der Waals surface area contributed by atoms with Crippen LogP contribution in [0.1, 0.15) is 46.0 Å². The maximum Gasteiger partial charge on any atom is 0.257 e. The molecule has 8 heteroatoms. The molecule has 0 aliphatic rings. The molecule has 0 saturated carbocycles. The van der Waals surface area contributed by atoms with Gasteiger partial charge in [0.2, 0.25) is 0 Å². The van der Waals surface area contributed by atoms with Gasteiger partial charge in [0.15, 0.2) is 11.5 Å². The topological polar surface area (TPSA) is 105 Å². The van der Waals surface area contributed by atoms with Gasteiger partial charge in [-0.25, -0.2) is 0 Å². The molecular formula is C23H26N4O4. The van der Waals surface area contributed by atoms with Gasteiger partial charge in [0.25, 0.3) is 11.8 Å². The molecule has 0 bridgehead atoms. The van der Waals surface area contributed by atoms with E-state index in [1.807, 2.05) is 20.8 Å². The number of amides is 2. The molecule has 3 aromatic rings. The number of rotatable bonds is 8. The Hall–Kier alpha value is -3.81. The molecule has 1 heterocycles. The van der Waals surface area contributed by atoms with Gasteiger partial charge in [0, 0.05) is 5.56 Å². The van der Waals surface area contributed by atoms with Gasteiger partial charge in [0.05, 0.1) is 41.5 Å². The zero-order chi connectivity index (χ0) is 22.4. The average Bonchev–Trinajstić information content (AvgIpc) is 3.07. The van der Waals surface area contributed by atoms with E-state index in [1.165, 1.54) is 0 Å². The number of para-hydroxylation sites is 1. The van der Waals surface area contributed by atoms with Gasteiger partial charge >= 0.3 is 0 Å². The molecule has 0 atom stereocenters. The monoisotopic (exact) mass is 422 g/mol. The summed E-state index contributed by atoms with van der Waals surface area (Å²) in [6.45, 7) is 8.30. The molecule has 162 valence electrons. The van der Waals surface area contributed by atoms with E-state index >= 15 is 0 Å². The summed E-state index contributed by atoms with van der Waals surface area (Å²) in [6.07, 6.45) is 0. The standard InChI is InChI=1S/C23H26N4O4/c1-5-30-19-12-11-16(13-20(19)31-6-2)22(28)24-18-10-8-7-9-17(18)23(29)25-21-14(3)26-27-15(21)4/h7-13H,5-6H2,1-4H3,(H,24,28)(H,25,29)(H,26,27). The first-order valence-corrected chi connectivity index (χ1v) is 10.1. The second-order valence-electron chi connectivity index (χ2n) is 6.79. The molecule has 0 saturated heterocycles. The predicted octanol–water partition coefficient (Wildman–Crippen LogP) is 4.33. The van der Waals surface area contributed by atoms with Crippen molar-refractivity contribution in [2.24, 2.45) is 0 Å². The number of hydrogen-bond donors (Lipinski definition) is 3. The fraction of sp³-hybridized carbons (Fsp3) is 0.261. The second kappa shape index (κ2) is 9.80. The number of H-pyrrole nitrogens is 1. The summed E-state index contributed by atoms with van der Waals surface area (Å²) >= 11 is 0. The van der Waals surface area contributed by atoms with Crippen LogP contribution in [-0.2, 0) is 0 Å². The van der Waals surface area contributed by atoms with Gasteiger partial charge in [-0.1, -0.05) is 12.1 Å². The maximum absolute atomic E-state index is 12.9. The molecule has 0 radical (unpaired) electrons. The molecule has 0 fully saturated rings. The van der Waals surface area contributed by atoms with Crippen molar-refractivity contribution in [3.8, 4) is 11.5 Å². The lowest BCUT2D eigenvalue weighted by Crippen LogP contribution is -2.18. The smallest absolute Gasteiger partial charge is 0.257 e. The van der Waals surface area contributed by atoms with Gasteiger partial charge < -0.3 is 20.1 Å². The minimum Gasteiger partial charge on any atom is -0.490 e. The van der Waals surface area contributed by atoms with Crippen molar-refractivity contribution in [3.05, 3.63) is 65.0 Å². The number of aromatic nitrogens is 2. The summed E-state index contributed by atoms with van der Waals surface area (Å²) in [7, 11) is 0. The van der Waals surface area contributed by atoms with E-state index in [1.54, 1.807) is 49.4 Å². The number of anilines is 2. The molecule has 0 aliphatic heterocycles. The van der Waals surface area contributed by atoms with Crippen LogP contribution in [0.15, 0.2) is 42.5 Å². The minimum atomic E-state index is -0.361. The fourth-order valence-corrected chi connectivity index (χ4v) is 3.09. The lowest BCUT2D eigenvalue weighted by Gasteiger charge is -2.14. The molecule has 0 aliphatic carbocycles. The summed E-state index contributed by atoms with van der Waals surface area (Å²) in [5.74, 6) is 0.366. The van der Waals surface area contributed by atoms with E-state index in [-0.39, 0.29) is 11.8 Å². The predicted molar refractivity (Wildman–Crippen MR) is 119 cm³/mol. The Morgan fingerprint density at radius 1 is 0.935 bits per heavy atom. The molecule has 2 amide bonds. The number of nitrogens with one attached hydrogen (secondary N) is 3. The van der Waals surface area contributed by atoms with Crippen LogP contribution in [0, 0.1) is 13.8 Å². The van der Waals surface area contributed by atoms with Crippen LogP contribution in [0.2, 0.25) is 0 Å². The van der Waals surface area contributed by atoms with Gasteiger partial charge in [-0.05, 0) is 58.0 Å². The first-order valence-electron chi connectivity index (χ1n) is 10.1. The zero-order valence-corrected chi connectivity index (χ0v) is 18.0. The van der Waals surface area contributed by atoms with Crippen LogP contribution in [0.5, 0.6) is 11.5 Å². The lowest BCUT2D eigenvalue weighted by atomic mass is 10.1. The van der Waals surface area contributed by atoms with Crippen molar-refractivity contribution in [2.45, 2.75) is 27.7 Å².